The topological polar surface area (TPSA) is 25.4 Å². The Hall–Kier alpha value is -0.610. The zero-order valence-electron chi connectivity index (χ0n) is 8.82. The largest absolute Gasteiger partial charge is 0.377 e. The summed E-state index contributed by atoms with van der Waals surface area (Å²) in [6.07, 6.45) is 1.85. The molecule has 82 valence electrons. The summed E-state index contributed by atoms with van der Waals surface area (Å²) in [5, 5.41) is 0.847. The van der Waals surface area contributed by atoms with E-state index in [1.165, 1.54) is 5.56 Å². The van der Waals surface area contributed by atoms with Gasteiger partial charge in [0.1, 0.15) is 5.82 Å². The number of alkyl halides is 1. The van der Waals surface area contributed by atoms with Gasteiger partial charge in [-0.2, -0.15) is 0 Å². The van der Waals surface area contributed by atoms with Crippen LogP contribution >= 0.6 is 15.9 Å². The quantitative estimate of drug-likeness (QED) is 0.771. The normalized spacial score (nSPS) is 21.7. The zero-order valence-corrected chi connectivity index (χ0v) is 10.4. The average molecular weight is 271 g/mol. The summed E-state index contributed by atoms with van der Waals surface area (Å²) in [5.41, 5.74) is 1.24. The van der Waals surface area contributed by atoms with E-state index in [1.807, 2.05) is 12.3 Å². The summed E-state index contributed by atoms with van der Waals surface area (Å²) < 4.78 is 5.43. The Balaban J connectivity index is 2.26. The van der Waals surface area contributed by atoms with Crippen molar-refractivity contribution in [3.8, 4) is 0 Å². The molecule has 0 bridgehead atoms. The van der Waals surface area contributed by atoms with E-state index < -0.39 is 0 Å². The zero-order chi connectivity index (χ0) is 10.7. The van der Waals surface area contributed by atoms with Crippen molar-refractivity contribution in [1.29, 1.82) is 0 Å². The van der Waals surface area contributed by atoms with Crippen LogP contribution in [-0.2, 0) is 10.1 Å². The molecule has 0 N–H and O–H groups in total. The fourth-order valence-electron chi connectivity index (χ4n) is 1.83. The second kappa shape index (κ2) is 4.94. The second-order valence-electron chi connectivity index (χ2n) is 3.74. The molecule has 1 aromatic heterocycles. The number of hydrogen-bond acceptors (Lipinski definition) is 3. The second-order valence-corrected chi connectivity index (χ2v) is 4.30. The molecule has 0 radical (unpaired) electrons. The summed E-state index contributed by atoms with van der Waals surface area (Å²) >= 11 is 3.50. The molecule has 1 unspecified atom stereocenters. The first-order valence-corrected chi connectivity index (χ1v) is 6.29. The van der Waals surface area contributed by atoms with Crippen LogP contribution in [0.5, 0.6) is 0 Å². The van der Waals surface area contributed by atoms with Gasteiger partial charge in [-0.15, -0.1) is 0 Å². The van der Waals surface area contributed by atoms with Gasteiger partial charge in [0.05, 0.1) is 19.3 Å². The smallest absolute Gasteiger partial charge is 0.132 e. The van der Waals surface area contributed by atoms with Gasteiger partial charge < -0.3 is 9.64 Å². The number of morpholine rings is 1. The average Bonchev–Trinajstić information content (AvgIpc) is 2.30. The first-order chi connectivity index (χ1) is 7.33. The van der Waals surface area contributed by atoms with Crippen LogP contribution in [0.4, 0.5) is 5.82 Å². The maximum Gasteiger partial charge on any atom is 0.132 e. The molecule has 1 atom stereocenters. The molecule has 4 heteroatoms. The number of hydrogen-bond donors (Lipinski definition) is 0. The van der Waals surface area contributed by atoms with E-state index in [0.717, 1.165) is 30.9 Å². The molecule has 1 aliphatic heterocycles. The van der Waals surface area contributed by atoms with Crippen molar-refractivity contribution in [3.63, 3.8) is 0 Å². The molecule has 0 spiro atoms. The van der Waals surface area contributed by atoms with E-state index in [4.69, 9.17) is 4.74 Å². The predicted octanol–water partition coefficient (Wildman–Crippen LogP) is 2.20. The highest BCUT2D eigenvalue weighted by atomic mass is 79.9. The fraction of sp³-hybridized carbons (Fsp3) is 0.545. The van der Waals surface area contributed by atoms with Gasteiger partial charge in [0.15, 0.2) is 0 Å². The van der Waals surface area contributed by atoms with Crippen molar-refractivity contribution < 1.29 is 4.74 Å². The standard InChI is InChI=1S/C11H15BrN2O/c1-9-8-15-6-5-14(9)11-10(7-12)3-2-4-13-11/h2-4,9H,5-8H2,1H3. The monoisotopic (exact) mass is 270 g/mol. The highest BCUT2D eigenvalue weighted by Crippen LogP contribution is 2.23. The summed E-state index contributed by atoms with van der Waals surface area (Å²) in [7, 11) is 0. The Morgan fingerprint density at radius 2 is 2.53 bits per heavy atom. The van der Waals surface area contributed by atoms with Crippen LogP contribution in [0.2, 0.25) is 0 Å². The van der Waals surface area contributed by atoms with E-state index in [2.05, 4.69) is 38.8 Å². The number of anilines is 1. The van der Waals surface area contributed by atoms with E-state index in [0.29, 0.717) is 6.04 Å². The number of aromatic nitrogens is 1. The lowest BCUT2D eigenvalue weighted by Crippen LogP contribution is -2.44. The third kappa shape index (κ3) is 2.32. The van der Waals surface area contributed by atoms with Crippen molar-refractivity contribution in [2.24, 2.45) is 0 Å². The number of rotatable bonds is 2. The van der Waals surface area contributed by atoms with Gasteiger partial charge in [-0.1, -0.05) is 22.0 Å². The third-order valence-corrected chi connectivity index (χ3v) is 3.26. The van der Waals surface area contributed by atoms with Crippen LogP contribution in [0.3, 0.4) is 0 Å². The molecule has 2 heterocycles. The maximum absolute atomic E-state index is 5.43. The van der Waals surface area contributed by atoms with Crippen LogP contribution in [0.1, 0.15) is 12.5 Å². The number of ether oxygens (including phenoxy) is 1. The molecule has 1 saturated heterocycles. The Kier molecular flexibility index (Phi) is 3.59. The molecule has 1 aliphatic rings. The molecule has 15 heavy (non-hydrogen) atoms. The summed E-state index contributed by atoms with van der Waals surface area (Å²) in [4.78, 5) is 6.78. The van der Waals surface area contributed by atoms with Crippen LogP contribution in [0.15, 0.2) is 18.3 Å². The van der Waals surface area contributed by atoms with Gasteiger partial charge >= 0.3 is 0 Å². The number of halogens is 1. The molecule has 0 amide bonds. The lowest BCUT2D eigenvalue weighted by molar-refractivity contribution is 0.0984. The van der Waals surface area contributed by atoms with Gasteiger partial charge in [0.2, 0.25) is 0 Å². The molecule has 0 saturated carbocycles. The summed E-state index contributed by atoms with van der Waals surface area (Å²) in [6, 6.07) is 4.50. The molecule has 0 aromatic carbocycles. The molecular formula is C11H15BrN2O. The summed E-state index contributed by atoms with van der Waals surface area (Å²) in [6.45, 7) is 4.69. The van der Waals surface area contributed by atoms with Crippen molar-refractivity contribution in [1.82, 2.24) is 4.98 Å². The highest BCUT2D eigenvalue weighted by Gasteiger charge is 2.21. The first kappa shape index (κ1) is 10.9. The van der Waals surface area contributed by atoms with Crippen molar-refractivity contribution in [2.45, 2.75) is 18.3 Å². The molecule has 1 fully saturated rings. The van der Waals surface area contributed by atoms with Gasteiger partial charge in [0.25, 0.3) is 0 Å². The minimum atomic E-state index is 0.409. The van der Waals surface area contributed by atoms with Crippen molar-refractivity contribution in [2.75, 3.05) is 24.7 Å². The van der Waals surface area contributed by atoms with Gasteiger partial charge in [0, 0.05) is 23.6 Å². The van der Waals surface area contributed by atoms with Crippen LogP contribution in [0.25, 0.3) is 0 Å². The Labute approximate surface area is 98.6 Å². The SMILES string of the molecule is CC1COCCN1c1ncccc1CBr. The number of nitrogens with zero attached hydrogens (tertiary/aromatic N) is 2. The Morgan fingerprint density at radius 3 is 3.27 bits per heavy atom. The van der Waals surface area contributed by atoms with Crippen LogP contribution in [-0.4, -0.2) is 30.8 Å². The molecule has 1 aromatic rings. The van der Waals surface area contributed by atoms with E-state index in [9.17, 15) is 0 Å². The molecule has 2 rings (SSSR count). The lowest BCUT2D eigenvalue weighted by atomic mass is 10.2. The van der Waals surface area contributed by atoms with Crippen LogP contribution in [0, 0.1) is 0 Å². The summed E-state index contributed by atoms with van der Waals surface area (Å²) in [5.74, 6) is 1.09. The molecule has 0 aliphatic carbocycles. The highest BCUT2D eigenvalue weighted by molar-refractivity contribution is 9.08. The fourth-order valence-corrected chi connectivity index (χ4v) is 2.27. The third-order valence-electron chi connectivity index (χ3n) is 2.65. The minimum absolute atomic E-state index is 0.409. The maximum atomic E-state index is 5.43. The Morgan fingerprint density at radius 1 is 1.67 bits per heavy atom. The van der Waals surface area contributed by atoms with Gasteiger partial charge in [-0.3, -0.25) is 0 Å². The van der Waals surface area contributed by atoms with E-state index in [-0.39, 0.29) is 0 Å². The number of pyridine rings is 1. The molecule has 3 nitrogen and oxygen atoms in total. The minimum Gasteiger partial charge on any atom is -0.377 e. The van der Waals surface area contributed by atoms with Gasteiger partial charge in [-0.25, -0.2) is 4.98 Å². The van der Waals surface area contributed by atoms with Crippen molar-refractivity contribution in [3.05, 3.63) is 23.9 Å². The lowest BCUT2D eigenvalue weighted by Gasteiger charge is -2.35. The van der Waals surface area contributed by atoms with E-state index >= 15 is 0 Å². The van der Waals surface area contributed by atoms with E-state index in [1.54, 1.807) is 0 Å². The first-order valence-electron chi connectivity index (χ1n) is 5.17. The Bertz CT molecular complexity index is 332. The van der Waals surface area contributed by atoms with Crippen molar-refractivity contribution >= 4 is 21.7 Å². The van der Waals surface area contributed by atoms with Gasteiger partial charge in [-0.05, 0) is 13.0 Å². The predicted molar refractivity (Wildman–Crippen MR) is 64.5 cm³/mol. The van der Waals surface area contributed by atoms with Crippen LogP contribution < -0.4 is 4.90 Å². The molecular weight excluding hydrogens is 256 g/mol.